The zero-order chi connectivity index (χ0) is 19.2. The normalized spacial score (nSPS) is 18.0. The Bertz CT molecular complexity index is 752. The number of furan rings is 1. The number of hydrogen-bond acceptors (Lipinski definition) is 5. The van der Waals surface area contributed by atoms with Gasteiger partial charge in [-0.25, -0.2) is 0 Å². The van der Waals surface area contributed by atoms with Gasteiger partial charge in [-0.3, -0.25) is 9.69 Å². The van der Waals surface area contributed by atoms with E-state index in [1.54, 1.807) is 7.11 Å². The summed E-state index contributed by atoms with van der Waals surface area (Å²) in [7, 11) is 1.66. The molecule has 5 nitrogen and oxygen atoms in total. The molecule has 1 aliphatic rings. The van der Waals surface area contributed by atoms with Crippen LogP contribution in [0.2, 0.25) is 0 Å². The number of Topliss-reactive ketones (excluding diaryl/α,β-unsaturated/α-hetero) is 1. The molecule has 1 aromatic carbocycles. The van der Waals surface area contributed by atoms with Gasteiger partial charge in [-0.05, 0) is 57.5 Å². The molecule has 0 unspecified atom stereocenters. The van der Waals surface area contributed by atoms with Gasteiger partial charge in [-0.15, -0.1) is 0 Å². The zero-order valence-electron chi connectivity index (χ0n) is 16.4. The van der Waals surface area contributed by atoms with Gasteiger partial charge < -0.3 is 13.9 Å². The third kappa shape index (κ3) is 5.44. The fraction of sp³-hybridized carbons (Fsp3) is 0.500. The van der Waals surface area contributed by atoms with Crippen LogP contribution in [0.5, 0.6) is 5.75 Å². The molecule has 2 aromatic rings. The quantitative estimate of drug-likeness (QED) is 0.647. The molecule has 0 saturated carbocycles. The Morgan fingerprint density at radius 1 is 1.26 bits per heavy atom. The van der Waals surface area contributed by atoms with Crippen LogP contribution in [0.25, 0.3) is 0 Å². The summed E-state index contributed by atoms with van der Waals surface area (Å²) in [5.41, 5.74) is 0.736. The lowest BCUT2D eigenvalue weighted by Crippen LogP contribution is -2.38. The predicted octanol–water partition coefficient (Wildman–Crippen LogP) is 4.31. The Kier molecular flexibility index (Phi) is 6.69. The van der Waals surface area contributed by atoms with E-state index in [9.17, 15) is 4.79 Å². The van der Waals surface area contributed by atoms with Crippen LogP contribution in [0.4, 0.5) is 0 Å². The number of piperidine rings is 1. The molecule has 0 spiro atoms. The zero-order valence-corrected chi connectivity index (χ0v) is 16.4. The summed E-state index contributed by atoms with van der Waals surface area (Å²) in [5, 5.41) is 0. The van der Waals surface area contributed by atoms with E-state index in [0.717, 1.165) is 55.3 Å². The molecule has 1 saturated heterocycles. The second-order valence-electron chi connectivity index (χ2n) is 7.43. The topological polar surface area (TPSA) is 51.9 Å². The molecule has 1 fully saturated rings. The standard InChI is InChI=1S/C22H29NO4/c1-16(2)26-19-8-4-6-17(12-19)22(24)18-7-5-11-23(13-18)14-20-9-10-21(27-20)15-25-3/h4,6,8-10,12,16,18H,5,7,11,13-15H2,1-3H3/t18-/m1/s1. The van der Waals surface area contributed by atoms with Crippen LogP contribution in [0.15, 0.2) is 40.8 Å². The Morgan fingerprint density at radius 3 is 2.85 bits per heavy atom. The van der Waals surface area contributed by atoms with Crippen molar-refractivity contribution in [3.05, 3.63) is 53.5 Å². The minimum Gasteiger partial charge on any atom is -0.491 e. The first kappa shape index (κ1) is 19.6. The lowest BCUT2D eigenvalue weighted by molar-refractivity contribution is 0.0799. The number of carbonyl (C=O) groups is 1. The summed E-state index contributed by atoms with van der Waals surface area (Å²) in [6, 6.07) is 11.5. The van der Waals surface area contributed by atoms with E-state index in [0.29, 0.717) is 6.61 Å². The third-order valence-corrected chi connectivity index (χ3v) is 4.75. The van der Waals surface area contributed by atoms with Crippen LogP contribution in [-0.4, -0.2) is 37.0 Å². The van der Waals surface area contributed by atoms with Crippen LogP contribution in [-0.2, 0) is 17.9 Å². The molecule has 0 amide bonds. The molecular formula is C22H29NO4. The van der Waals surface area contributed by atoms with Gasteiger partial charge >= 0.3 is 0 Å². The molecule has 0 bridgehead atoms. The molecular weight excluding hydrogens is 342 g/mol. The second-order valence-corrected chi connectivity index (χ2v) is 7.43. The summed E-state index contributed by atoms with van der Waals surface area (Å²) in [4.78, 5) is 15.3. The fourth-order valence-corrected chi connectivity index (χ4v) is 3.59. The van der Waals surface area contributed by atoms with Gasteiger partial charge in [0.2, 0.25) is 0 Å². The number of likely N-dealkylation sites (tertiary alicyclic amines) is 1. The molecule has 1 aromatic heterocycles. The SMILES string of the molecule is COCc1ccc(CN2CCC[C@@H](C(=O)c3cccc(OC(C)C)c3)C2)o1. The van der Waals surface area contributed by atoms with Gasteiger partial charge in [-0.2, -0.15) is 0 Å². The number of benzene rings is 1. The molecule has 1 atom stereocenters. The Hall–Kier alpha value is -2.11. The summed E-state index contributed by atoms with van der Waals surface area (Å²) < 4.78 is 16.6. The van der Waals surface area contributed by atoms with Gasteiger partial charge in [-0.1, -0.05) is 12.1 Å². The van der Waals surface area contributed by atoms with Crippen molar-refractivity contribution in [1.29, 1.82) is 0 Å². The highest BCUT2D eigenvalue weighted by molar-refractivity contribution is 5.98. The average molecular weight is 371 g/mol. The van der Waals surface area contributed by atoms with Gasteiger partial charge in [0.1, 0.15) is 23.9 Å². The maximum absolute atomic E-state index is 13.0. The van der Waals surface area contributed by atoms with Crippen LogP contribution < -0.4 is 4.74 Å². The van der Waals surface area contributed by atoms with E-state index in [1.807, 2.05) is 50.2 Å². The first-order valence-corrected chi connectivity index (χ1v) is 9.65. The van der Waals surface area contributed by atoms with Crippen LogP contribution >= 0.6 is 0 Å². The van der Waals surface area contributed by atoms with Crippen molar-refractivity contribution in [2.45, 2.75) is 45.9 Å². The smallest absolute Gasteiger partial charge is 0.167 e. The van der Waals surface area contributed by atoms with Crippen molar-refractivity contribution >= 4 is 5.78 Å². The first-order chi connectivity index (χ1) is 13.0. The van der Waals surface area contributed by atoms with Crippen molar-refractivity contribution in [3.8, 4) is 5.75 Å². The molecule has 2 heterocycles. The number of carbonyl (C=O) groups excluding carboxylic acids is 1. The maximum atomic E-state index is 13.0. The van der Waals surface area contributed by atoms with E-state index in [4.69, 9.17) is 13.9 Å². The maximum Gasteiger partial charge on any atom is 0.167 e. The summed E-state index contributed by atoms with van der Waals surface area (Å²) >= 11 is 0. The molecule has 3 rings (SSSR count). The number of rotatable bonds is 8. The molecule has 27 heavy (non-hydrogen) atoms. The predicted molar refractivity (Wildman–Crippen MR) is 104 cm³/mol. The summed E-state index contributed by atoms with van der Waals surface area (Å²) in [5.74, 6) is 2.72. The van der Waals surface area contributed by atoms with Gasteiger partial charge in [0, 0.05) is 25.1 Å². The van der Waals surface area contributed by atoms with Crippen LogP contribution in [0.3, 0.4) is 0 Å². The number of methoxy groups -OCH3 is 1. The van der Waals surface area contributed by atoms with Crippen molar-refractivity contribution in [2.75, 3.05) is 20.2 Å². The van der Waals surface area contributed by atoms with Crippen LogP contribution in [0.1, 0.15) is 48.6 Å². The fourth-order valence-electron chi connectivity index (χ4n) is 3.59. The van der Waals surface area contributed by atoms with Crippen LogP contribution in [0, 0.1) is 5.92 Å². The van der Waals surface area contributed by atoms with Gasteiger partial charge in [0.15, 0.2) is 5.78 Å². The summed E-state index contributed by atoms with van der Waals surface area (Å²) in [6.45, 7) is 6.93. The second kappa shape index (κ2) is 9.20. The van der Waals surface area contributed by atoms with Crippen molar-refractivity contribution < 1.29 is 18.7 Å². The lowest BCUT2D eigenvalue weighted by Gasteiger charge is -2.31. The number of ether oxygens (including phenoxy) is 2. The highest BCUT2D eigenvalue weighted by Gasteiger charge is 2.27. The van der Waals surface area contributed by atoms with E-state index >= 15 is 0 Å². The lowest BCUT2D eigenvalue weighted by atomic mass is 9.90. The molecule has 0 N–H and O–H groups in total. The highest BCUT2D eigenvalue weighted by Crippen LogP contribution is 2.25. The Labute approximate surface area is 161 Å². The van der Waals surface area contributed by atoms with E-state index in [2.05, 4.69) is 4.90 Å². The van der Waals surface area contributed by atoms with Crippen molar-refractivity contribution in [3.63, 3.8) is 0 Å². The summed E-state index contributed by atoms with van der Waals surface area (Å²) in [6.07, 6.45) is 2.04. The molecule has 0 radical (unpaired) electrons. The number of hydrogen-bond donors (Lipinski definition) is 0. The van der Waals surface area contributed by atoms with Crippen molar-refractivity contribution in [2.24, 2.45) is 5.92 Å². The van der Waals surface area contributed by atoms with E-state index in [1.165, 1.54) is 0 Å². The molecule has 5 heteroatoms. The molecule has 0 aliphatic carbocycles. The van der Waals surface area contributed by atoms with E-state index in [-0.39, 0.29) is 17.8 Å². The largest absolute Gasteiger partial charge is 0.491 e. The minimum absolute atomic E-state index is 0.0152. The van der Waals surface area contributed by atoms with Crippen molar-refractivity contribution in [1.82, 2.24) is 4.90 Å². The number of nitrogens with zero attached hydrogens (tertiary/aromatic N) is 1. The highest BCUT2D eigenvalue weighted by atomic mass is 16.5. The third-order valence-electron chi connectivity index (χ3n) is 4.75. The monoisotopic (exact) mass is 371 g/mol. The Balaban J connectivity index is 1.62. The molecule has 1 aliphatic heterocycles. The van der Waals surface area contributed by atoms with Gasteiger partial charge in [0.05, 0.1) is 12.6 Å². The van der Waals surface area contributed by atoms with Gasteiger partial charge in [0.25, 0.3) is 0 Å². The minimum atomic E-state index is 0.0152. The van der Waals surface area contributed by atoms with E-state index < -0.39 is 0 Å². The average Bonchev–Trinajstić information content (AvgIpc) is 3.08. The Morgan fingerprint density at radius 2 is 2.07 bits per heavy atom. The first-order valence-electron chi connectivity index (χ1n) is 9.65. The number of ketones is 1. The molecule has 146 valence electrons.